The molecule has 12 heteroatoms. The van der Waals surface area contributed by atoms with E-state index in [-0.39, 0.29) is 30.9 Å². The summed E-state index contributed by atoms with van der Waals surface area (Å²) in [5.41, 5.74) is 7.46. The van der Waals surface area contributed by atoms with Gasteiger partial charge in [-0.1, -0.05) is 11.3 Å². The Bertz CT molecular complexity index is 1300. The Labute approximate surface area is 187 Å². The fourth-order valence-corrected chi connectivity index (χ4v) is 3.29. The van der Waals surface area contributed by atoms with Crippen LogP contribution in [0.2, 0.25) is 0 Å². The van der Waals surface area contributed by atoms with Crippen molar-refractivity contribution in [2.75, 3.05) is 0 Å². The maximum atomic E-state index is 13.0. The molecule has 0 saturated carbocycles. The summed E-state index contributed by atoms with van der Waals surface area (Å²) in [6, 6.07) is 6.15. The van der Waals surface area contributed by atoms with E-state index in [2.05, 4.69) is 25.6 Å². The first-order valence-electron chi connectivity index (χ1n) is 10.00. The van der Waals surface area contributed by atoms with Crippen molar-refractivity contribution < 1.29 is 19.5 Å². The monoisotopic (exact) mass is 448 g/mol. The predicted molar refractivity (Wildman–Crippen MR) is 115 cm³/mol. The van der Waals surface area contributed by atoms with Crippen LogP contribution < -0.4 is 11.1 Å². The molecule has 12 nitrogen and oxygen atoms in total. The van der Waals surface area contributed by atoms with Crippen molar-refractivity contribution in [1.82, 2.24) is 34.7 Å². The lowest BCUT2D eigenvalue weighted by Gasteiger charge is -2.15. The lowest BCUT2D eigenvalue weighted by molar-refractivity contribution is -0.125. The van der Waals surface area contributed by atoms with Crippen LogP contribution in [0.3, 0.4) is 0 Å². The third-order valence-electron chi connectivity index (χ3n) is 4.94. The topological polar surface area (TPSA) is 170 Å². The van der Waals surface area contributed by atoms with Crippen LogP contribution in [-0.2, 0) is 16.1 Å². The first-order chi connectivity index (χ1) is 15.9. The molecule has 0 spiro atoms. The number of rotatable bonds is 9. The third-order valence-corrected chi connectivity index (χ3v) is 4.94. The minimum absolute atomic E-state index is 0.00229. The maximum absolute atomic E-state index is 13.0. The van der Waals surface area contributed by atoms with E-state index in [4.69, 9.17) is 10.8 Å². The van der Waals surface area contributed by atoms with Crippen molar-refractivity contribution in [1.29, 1.82) is 0 Å². The molecular formula is C21H20N8O4. The van der Waals surface area contributed by atoms with Gasteiger partial charge in [0.25, 0.3) is 0 Å². The number of primary amides is 1. The summed E-state index contributed by atoms with van der Waals surface area (Å²) in [4.78, 5) is 43.8. The molecule has 4 rings (SSSR count). The molecule has 0 radical (unpaired) electrons. The lowest BCUT2D eigenvalue weighted by atomic mass is 10.1. The summed E-state index contributed by atoms with van der Waals surface area (Å²) in [5.74, 6) is -2.06. The van der Waals surface area contributed by atoms with Crippen molar-refractivity contribution in [2.45, 2.75) is 25.4 Å². The summed E-state index contributed by atoms with van der Waals surface area (Å²) in [6.07, 6.45) is 7.92. The number of nitrogens with one attached hydrogen (secondary N) is 1. The molecule has 0 saturated heterocycles. The van der Waals surface area contributed by atoms with Crippen molar-refractivity contribution in [3.63, 3.8) is 0 Å². The van der Waals surface area contributed by atoms with Gasteiger partial charge < -0.3 is 20.6 Å². The lowest BCUT2D eigenvalue weighted by Crippen LogP contribution is -2.33. The van der Waals surface area contributed by atoms with Gasteiger partial charge in [0.2, 0.25) is 11.8 Å². The highest BCUT2D eigenvalue weighted by atomic mass is 16.4. The molecular weight excluding hydrogens is 428 g/mol. The minimum Gasteiger partial charge on any atom is -0.478 e. The number of pyridine rings is 2. The molecule has 0 aromatic carbocycles. The fraction of sp³-hybridized carbons (Fsp3) is 0.190. The molecule has 0 unspecified atom stereocenters. The first kappa shape index (κ1) is 21.6. The number of imidazole rings is 1. The molecule has 4 N–H and O–H groups in total. The van der Waals surface area contributed by atoms with Crippen LogP contribution in [0.1, 0.15) is 34.9 Å². The van der Waals surface area contributed by atoms with E-state index < -0.39 is 17.9 Å². The van der Waals surface area contributed by atoms with E-state index in [9.17, 15) is 14.4 Å². The molecule has 0 aliphatic rings. The summed E-state index contributed by atoms with van der Waals surface area (Å²) >= 11 is 0. The van der Waals surface area contributed by atoms with E-state index in [0.29, 0.717) is 17.0 Å². The van der Waals surface area contributed by atoms with Crippen molar-refractivity contribution in [3.05, 3.63) is 66.5 Å². The van der Waals surface area contributed by atoms with Gasteiger partial charge in [-0.2, -0.15) is 0 Å². The van der Waals surface area contributed by atoms with Crippen LogP contribution >= 0.6 is 0 Å². The third kappa shape index (κ3) is 5.01. The van der Waals surface area contributed by atoms with Crippen molar-refractivity contribution in [3.8, 4) is 11.3 Å². The van der Waals surface area contributed by atoms with Gasteiger partial charge in [0, 0.05) is 36.8 Å². The van der Waals surface area contributed by atoms with Crippen molar-refractivity contribution in [2.24, 2.45) is 5.73 Å². The number of aromatic nitrogens is 6. The number of fused-ring (bicyclic) bond motifs is 1. The number of carboxylic acid groups (broad SMARTS) is 1. The standard InChI is InChI=1S/C21H20N8O4/c22-18(30)5-4-17(20(31)24-10-15-11-28-6-2-1-3-19(28)25-15)29-12-16(26-27-29)13-7-14(21(32)33)9-23-8-13/h1-3,6-9,11-12,17H,4-5,10H2,(H2,22,30)(H,24,31)(H,32,33)/t17-/m0/s1. The Kier molecular flexibility index (Phi) is 6.06. The van der Waals surface area contributed by atoms with Gasteiger partial charge in [0.05, 0.1) is 24.0 Å². The molecule has 2 amide bonds. The minimum atomic E-state index is -1.12. The largest absolute Gasteiger partial charge is 0.478 e. The average molecular weight is 448 g/mol. The van der Waals surface area contributed by atoms with Crippen LogP contribution in [0.25, 0.3) is 16.9 Å². The quantitative estimate of drug-likeness (QED) is 0.338. The van der Waals surface area contributed by atoms with Crippen LogP contribution in [0.15, 0.2) is 55.2 Å². The van der Waals surface area contributed by atoms with E-state index in [0.717, 1.165) is 5.65 Å². The number of carbonyl (C=O) groups is 3. The van der Waals surface area contributed by atoms with E-state index in [1.165, 1.54) is 29.3 Å². The van der Waals surface area contributed by atoms with Gasteiger partial charge in [0.15, 0.2) is 0 Å². The Morgan fingerprint density at radius 3 is 2.79 bits per heavy atom. The van der Waals surface area contributed by atoms with E-state index in [1.807, 2.05) is 35.0 Å². The number of nitrogens with two attached hydrogens (primary N) is 1. The number of hydrogen-bond donors (Lipinski definition) is 3. The normalized spacial score (nSPS) is 11.9. The Morgan fingerprint density at radius 1 is 1.18 bits per heavy atom. The number of nitrogens with zero attached hydrogens (tertiary/aromatic N) is 6. The van der Waals surface area contributed by atoms with Crippen molar-refractivity contribution >= 4 is 23.4 Å². The fourth-order valence-electron chi connectivity index (χ4n) is 3.29. The second-order valence-electron chi connectivity index (χ2n) is 7.29. The molecule has 0 aliphatic carbocycles. The predicted octanol–water partition coefficient (Wildman–Crippen LogP) is 0.809. The van der Waals surface area contributed by atoms with Gasteiger partial charge >= 0.3 is 5.97 Å². The van der Waals surface area contributed by atoms with Crippen LogP contribution in [0.4, 0.5) is 0 Å². The first-order valence-corrected chi connectivity index (χ1v) is 10.00. The zero-order valence-corrected chi connectivity index (χ0v) is 17.3. The average Bonchev–Trinajstić information content (AvgIpc) is 3.45. The molecule has 168 valence electrons. The number of hydrogen-bond acceptors (Lipinski definition) is 7. The maximum Gasteiger partial charge on any atom is 0.337 e. The van der Waals surface area contributed by atoms with E-state index >= 15 is 0 Å². The van der Waals surface area contributed by atoms with E-state index in [1.54, 1.807) is 0 Å². The van der Waals surface area contributed by atoms with Crippen LogP contribution in [0.5, 0.6) is 0 Å². The second-order valence-corrected chi connectivity index (χ2v) is 7.29. The van der Waals surface area contributed by atoms with Gasteiger partial charge in [0.1, 0.15) is 17.4 Å². The SMILES string of the molecule is NC(=O)CC[C@@H](C(=O)NCc1cn2ccccc2n1)n1cc(-c2cncc(C(=O)O)c2)nn1. The molecule has 0 aliphatic heterocycles. The molecule has 4 aromatic rings. The highest BCUT2D eigenvalue weighted by Gasteiger charge is 2.23. The Morgan fingerprint density at radius 2 is 2.03 bits per heavy atom. The Hall–Kier alpha value is -4.61. The molecule has 0 bridgehead atoms. The summed E-state index contributed by atoms with van der Waals surface area (Å²) in [7, 11) is 0. The Balaban J connectivity index is 1.52. The summed E-state index contributed by atoms with van der Waals surface area (Å²) in [6.45, 7) is 0.180. The highest BCUT2D eigenvalue weighted by molar-refractivity contribution is 5.88. The number of carbonyl (C=O) groups excluding carboxylic acids is 2. The van der Waals surface area contributed by atoms with Crippen LogP contribution in [-0.4, -0.2) is 52.3 Å². The molecule has 4 heterocycles. The highest BCUT2D eigenvalue weighted by Crippen LogP contribution is 2.20. The smallest absolute Gasteiger partial charge is 0.337 e. The van der Waals surface area contributed by atoms with Gasteiger partial charge in [-0.3, -0.25) is 14.6 Å². The molecule has 33 heavy (non-hydrogen) atoms. The molecule has 4 aromatic heterocycles. The second kappa shape index (κ2) is 9.26. The zero-order valence-electron chi connectivity index (χ0n) is 17.3. The van der Waals surface area contributed by atoms with Gasteiger partial charge in [-0.05, 0) is 24.6 Å². The van der Waals surface area contributed by atoms with Gasteiger partial charge in [-0.25, -0.2) is 14.5 Å². The number of carboxylic acids is 1. The summed E-state index contributed by atoms with van der Waals surface area (Å²) < 4.78 is 3.17. The molecule has 1 atom stereocenters. The summed E-state index contributed by atoms with van der Waals surface area (Å²) in [5, 5.41) is 20.0. The van der Waals surface area contributed by atoms with Crippen LogP contribution in [0, 0.1) is 0 Å². The van der Waals surface area contributed by atoms with Gasteiger partial charge in [-0.15, -0.1) is 5.10 Å². The number of aromatic carboxylic acids is 1. The number of amides is 2. The molecule has 0 fully saturated rings. The zero-order chi connectivity index (χ0) is 23.4.